The first-order chi connectivity index (χ1) is 8.89. The number of carbonyl (C=O) groups excluding carboxylic acids is 1. The van der Waals surface area contributed by atoms with Gasteiger partial charge in [-0.25, -0.2) is 0 Å². The van der Waals surface area contributed by atoms with Crippen molar-refractivity contribution < 1.29 is 14.3 Å². The van der Waals surface area contributed by atoms with Gasteiger partial charge < -0.3 is 9.47 Å². The minimum absolute atomic E-state index is 0.00181. The number of ether oxygens (including phenoxy) is 2. The minimum Gasteiger partial charge on any atom is -0.493 e. The fourth-order valence-corrected chi connectivity index (χ4v) is 1.99. The first-order valence-electron chi connectivity index (χ1n) is 6.78. The van der Waals surface area contributed by atoms with Crippen molar-refractivity contribution in [3.63, 3.8) is 0 Å². The van der Waals surface area contributed by atoms with E-state index in [4.69, 9.17) is 9.47 Å². The molecule has 1 aliphatic rings. The van der Waals surface area contributed by atoms with E-state index >= 15 is 0 Å². The standard InChI is InChI=1S/C16H22O3/c1-15(2,3)19-14(17)11-16(9-10-16)12-18-13-7-5-4-6-8-13/h4-8H,9-12H2,1-3H3. The molecular formula is C16H22O3. The van der Waals surface area contributed by atoms with Crippen LogP contribution >= 0.6 is 0 Å². The zero-order valence-corrected chi connectivity index (χ0v) is 11.9. The molecule has 0 bridgehead atoms. The summed E-state index contributed by atoms with van der Waals surface area (Å²) in [5.74, 6) is 0.736. The normalized spacial score (nSPS) is 16.8. The second kappa shape index (κ2) is 5.24. The predicted molar refractivity (Wildman–Crippen MR) is 74.1 cm³/mol. The zero-order valence-electron chi connectivity index (χ0n) is 11.9. The third kappa shape index (κ3) is 4.58. The van der Waals surface area contributed by atoms with E-state index in [0.29, 0.717) is 13.0 Å². The van der Waals surface area contributed by atoms with Gasteiger partial charge in [-0.15, -0.1) is 0 Å². The highest BCUT2D eigenvalue weighted by atomic mass is 16.6. The van der Waals surface area contributed by atoms with Gasteiger partial charge in [0.2, 0.25) is 0 Å². The van der Waals surface area contributed by atoms with Crippen molar-refractivity contribution in [2.24, 2.45) is 5.41 Å². The summed E-state index contributed by atoms with van der Waals surface area (Å²) in [6.07, 6.45) is 2.54. The van der Waals surface area contributed by atoms with Crippen LogP contribution < -0.4 is 4.74 Å². The molecule has 1 fully saturated rings. The summed E-state index contributed by atoms with van der Waals surface area (Å²) in [7, 11) is 0. The topological polar surface area (TPSA) is 35.5 Å². The third-order valence-corrected chi connectivity index (χ3v) is 3.18. The van der Waals surface area contributed by atoms with E-state index in [2.05, 4.69) is 0 Å². The van der Waals surface area contributed by atoms with Crippen LogP contribution in [-0.2, 0) is 9.53 Å². The summed E-state index contributed by atoms with van der Waals surface area (Å²) in [6.45, 7) is 6.27. The molecular weight excluding hydrogens is 240 g/mol. The van der Waals surface area contributed by atoms with Gasteiger partial charge in [0.25, 0.3) is 0 Å². The monoisotopic (exact) mass is 262 g/mol. The quantitative estimate of drug-likeness (QED) is 0.761. The average Bonchev–Trinajstić information content (AvgIpc) is 3.05. The summed E-state index contributed by atoms with van der Waals surface area (Å²) >= 11 is 0. The minimum atomic E-state index is -0.409. The van der Waals surface area contributed by atoms with E-state index in [1.54, 1.807) is 0 Å². The molecule has 1 saturated carbocycles. The molecule has 0 unspecified atom stereocenters. The Morgan fingerprint density at radius 2 is 1.84 bits per heavy atom. The van der Waals surface area contributed by atoms with Crippen LogP contribution in [0.15, 0.2) is 30.3 Å². The first kappa shape index (κ1) is 13.9. The summed E-state index contributed by atoms with van der Waals surface area (Å²) in [5.41, 5.74) is -0.411. The van der Waals surface area contributed by atoms with Gasteiger partial charge in [-0.2, -0.15) is 0 Å². The average molecular weight is 262 g/mol. The van der Waals surface area contributed by atoms with Crippen LogP contribution in [0.4, 0.5) is 0 Å². The maximum atomic E-state index is 11.8. The number of para-hydroxylation sites is 1. The summed E-state index contributed by atoms with van der Waals surface area (Å²) < 4.78 is 11.1. The lowest BCUT2D eigenvalue weighted by molar-refractivity contribution is -0.156. The van der Waals surface area contributed by atoms with Gasteiger partial charge in [0.1, 0.15) is 11.4 Å². The predicted octanol–water partition coefficient (Wildman–Crippen LogP) is 3.58. The Morgan fingerprint density at radius 3 is 2.37 bits per heavy atom. The molecule has 1 aromatic rings. The van der Waals surface area contributed by atoms with Crippen LogP contribution in [0.3, 0.4) is 0 Å². The van der Waals surface area contributed by atoms with Crippen molar-refractivity contribution in [3.05, 3.63) is 30.3 Å². The molecule has 1 aromatic carbocycles. The molecule has 0 atom stereocenters. The Labute approximate surface area is 114 Å². The van der Waals surface area contributed by atoms with Crippen molar-refractivity contribution in [2.45, 2.75) is 45.6 Å². The van der Waals surface area contributed by atoms with Gasteiger partial charge in [-0.3, -0.25) is 4.79 Å². The fraction of sp³-hybridized carbons (Fsp3) is 0.562. The first-order valence-corrected chi connectivity index (χ1v) is 6.78. The van der Waals surface area contributed by atoms with Crippen molar-refractivity contribution in [2.75, 3.05) is 6.61 Å². The molecule has 0 amide bonds. The largest absolute Gasteiger partial charge is 0.493 e. The molecule has 3 heteroatoms. The Morgan fingerprint density at radius 1 is 1.21 bits per heavy atom. The lowest BCUT2D eigenvalue weighted by Crippen LogP contribution is -2.27. The summed E-state index contributed by atoms with van der Waals surface area (Å²) in [6, 6.07) is 9.72. The Hall–Kier alpha value is -1.51. The number of benzene rings is 1. The third-order valence-electron chi connectivity index (χ3n) is 3.18. The van der Waals surface area contributed by atoms with Gasteiger partial charge in [0.05, 0.1) is 13.0 Å². The second-order valence-electron chi connectivity index (χ2n) is 6.36. The van der Waals surface area contributed by atoms with Crippen LogP contribution in [0, 0.1) is 5.41 Å². The molecule has 2 rings (SSSR count). The molecule has 19 heavy (non-hydrogen) atoms. The SMILES string of the molecule is CC(C)(C)OC(=O)CC1(COc2ccccc2)CC1. The molecule has 0 aromatic heterocycles. The van der Waals surface area contributed by atoms with E-state index in [1.807, 2.05) is 51.1 Å². The van der Waals surface area contributed by atoms with Crippen molar-refractivity contribution in [3.8, 4) is 5.75 Å². The van der Waals surface area contributed by atoms with E-state index in [0.717, 1.165) is 18.6 Å². The summed E-state index contributed by atoms with van der Waals surface area (Å²) in [5, 5.41) is 0. The number of hydrogen-bond donors (Lipinski definition) is 0. The number of carbonyl (C=O) groups is 1. The van der Waals surface area contributed by atoms with Crippen LogP contribution in [0.5, 0.6) is 5.75 Å². The van der Waals surface area contributed by atoms with Crippen LogP contribution in [0.25, 0.3) is 0 Å². The highest BCUT2D eigenvalue weighted by Crippen LogP contribution is 2.49. The molecule has 0 N–H and O–H groups in total. The Balaban J connectivity index is 1.82. The van der Waals surface area contributed by atoms with E-state index in [9.17, 15) is 4.79 Å². The maximum absolute atomic E-state index is 11.8. The zero-order chi connectivity index (χ0) is 13.9. The van der Waals surface area contributed by atoms with Crippen LogP contribution in [0.2, 0.25) is 0 Å². The molecule has 3 nitrogen and oxygen atoms in total. The van der Waals surface area contributed by atoms with Gasteiger partial charge in [-0.1, -0.05) is 18.2 Å². The lowest BCUT2D eigenvalue weighted by Gasteiger charge is -2.22. The molecule has 0 radical (unpaired) electrons. The van der Waals surface area contributed by atoms with Gasteiger partial charge >= 0.3 is 5.97 Å². The molecule has 0 aliphatic heterocycles. The van der Waals surface area contributed by atoms with Gasteiger partial charge in [0.15, 0.2) is 0 Å². The van der Waals surface area contributed by atoms with E-state index < -0.39 is 5.60 Å². The van der Waals surface area contributed by atoms with Crippen molar-refractivity contribution in [1.82, 2.24) is 0 Å². The fourth-order valence-electron chi connectivity index (χ4n) is 1.99. The molecule has 1 aliphatic carbocycles. The van der Waals surface area contributed by atoms with Crippen molar-refractivity contribution in [1.29, 1.82) is 0 Å². The highest BCUT2D eigenvalue weighted by molar-refractivity contribution is 5.71. The highest BCUT2D eigenvalue weighted by Gasteiger charge is 2.46. The molecule has 0 saturated heterocycles. The number of rotatable bonds is 5. The number of esters is 1. The van der Waals surface area contributed by atoms with Crippen molar-refractivity contribution >= 4 is 5.97 Å². The van der Waals surface area contributed by atoms with Gasteiger partial charge in [-0.05, 0) is 45.7 Å². The van der Waals surface area contributed by atoms with E-state index in [-0.39, 0.29) is 11.4 Å². The summed E-state index contributed by atoms with van der Waals surface area (Å²) in [4.78, 5) is 11.8. The molecule has 104 valence electrons. The number of hydrogen-bond acceptors (Lipinski definition) is 3. The smallest absolute Gasteiger partial charge is 0.307 e. The van der Waals surface area contributed by atoms with Crippen LogP contribution in [-0.4, -0.2) is 18.2 Å². The maximum Gasteiger partial charge on any atom is 0.307 e. The molecule has 0 spiro atoms. The van der Waals surface area contributed by atoms with Gasteiger partial charge in [0, 0.05) is 5.41 Å². The Bertz CT molecular complexity index is 427. The van der Waals surface area contributed by atoms with Crippen LogP contribution in [0.1, 0.15) is 40.0 Å². The molecule has 0 heterocycles. The Kier molecular flexibility index (Phi) is 3.83. The second-order valence-corrected chi connectivity index (χ2v) is 6.36. The van der Waals surface area contributed by atoms with E-state index in [1.165, 1.54) is 0 Å². The lowest BCUT2D eigenvalue weighted by atomic mass is 10.0.